The molecule has 1 N–H and O–H groups in total. The molecule has 3 heterocycles. The van der Waals surface area contributed by atoms with Crippen LogP contribution in [0, 0.1) is 0 Å². The minimum atomic E-state index is -4.55. The van der Waals surface area contributed by atoms with Crippen LogP contribution in [0.4, 0.5) is 18.9 Å². The Morgan fingerprint density at radius 1 is 1.03 bits per heavy atom. The van der Waals surface area contributed by atoms with Gasteiger partial charge in [0.1, 0.15) is 22.4 Å². The standard InChI is InChI=1S/C25H23F3N4O3S.3ClH/c1-36(33,34)23-5-3-2-4-22(23)35-17-9-12-32(13-10-17)21-8-11-29-20-7-6-16(14-18(20)21)19-15-30-31-24(19)25(26,27)28;;;/h2-8,11,14-15,17H,9-10,12-13H2,1H3,(H,30,31);3*1H. The SMILES string of the molecule is CS(=O)(=O)c1ccccc1OC1CCN(c2ccnc3ccc(-c4cn[nH]c4C(F)(F)F)cc23)CC1.Cl.Cl.Cl. The predicted octanol–water partition coefficient (Wildman–Crippen LogP) is 6.36. The molecule has 2 aromatic carbocycles. The Kier molecular flexibility index (Phi) is 10.5. The van der Waals surface area contributed by atoms with Gasteiger partial charge in [-0.1, -0.05) is 18.2 Å². The van der Waals surface area contributed by atoms with Gasteiger partial charge in [-0.05, 0) is 35.9 Å². The van der Waals surface area contributed by atoms with E-state index in [0.29, 0.717) is 42.8 Å². The highest BCUT2D eigenvalue weighted by atomic mass is 35.5. The number of sulfone groups is 1. The lowest BCUT2D eigenvalue weighted by atomic mass is 10.0. The van der Waals surface area contributed by atoms with Crippen LogP contribution in [0.1, 0.15) is 18.5 Å². The number of halogens is 6. The van der Waals surface area contributed by atoms with Crippen LogP contribution in [0.15, 0.2) is 65.8 Å². The molecule has 0 atom stereocenters. The minimum Gasteiger partial charge on any atom is -0.489 e. The van der Waals surface area contributed by atoms with Gasteiger partial charge >= 0.3 is 6.18 Å². The first kappa shape index (κ1) is 32.5. The normalized spacial score (nSPS) is 14.2. The number of fused-ring (bicyclic) bond motifs is 1. The Morgan fingerprint density at radius 2 is 1.72 bits per heavy atom. The second kappa shape index (κ2) is 12.6. The molecule has 39 heavy (non-hydrogen) atoms. The summed E-state index contributed by atoms with van der Waals surface area (Å²) in [6.07, 6.45) is 0.618. The number of H-pyrrole nitrogens is 1. The molecule has 1 saturated heterocycles. The van der Waals surface area contributed by atoms with Crippen LogP contribution in [0.25, 0.3) is 22.0 Å². The molecule has 0 amide bonds. The van der Waals surface area contributed by atoms with E-state index in [1.807, 2.05) is 6.07 Å². The van der Waals surface area contributed by atoms with Crippen molar-refractivity contribution in [2.75, 3.05) is 24.2 Å². The molecule has 2 aromatic heterocycles. The first-order valence-electron chi connectivity index (χ1n) is 11.3. The quantitative estimate of drug-likeness (QED) is 0.278. The fraction of sp³-hybridized carbons (Fsp3) is 0.280. The number of ether oxygens (including phenoxy) is 1. The van der Waals surface area contributed by atoms with E-state index in [9.17, 15) is 21.6 Å². The molecule has 0 radical (unpaired) electrons. The molecular weight excluding hydrogens is 600 g/mol. The zero-order chi connectivity index (χ0) is 25.5. The van der Waals surface area contributed by atoms with E-state index in [1.165, 1.54) is 12.3 Å². The summed E-state index contributed by atoms with van der Waals surface area (Å²) in [4.78, 5) is 6.69. The lowest BCUT2D eigenvalue weighted by Gasteiger charge is -2.34. The average Bonchev–Trinajstić information content (AvgIpc) is 3.35. The van der Waals surface area contributed by atoms with Gasteiger partial charge in [-0.25, -0.2) is 8.42 Å². The number of rotatable bonds is 5. The highest BCUT2D eigenvalue weighted by molar-refractivity contribution is 7.90. The second-order valence-electron chi connectivity index (χ2n) is 8.74. The Labute approximate surface area is 242 Å². The van der Waals surface area contributed by atoms with Gasteiger partial charge in [0.05, 0.1) is 11.7 Å². The summed E-state index contributed by atoms with van der Waals surface area (Å²) in [5.41, 5.74) is 1.03. The topological polar surface area (TPSA) is 88.2 Å². The molecule has 1 aliphatic rings. The number of aromatic amines is 1. The molecule has 1 fully saturated rings. The lowest BCUT2D eigenvalue weighted by Crippen LogP contribution is -2.38. The van der Waals surface area contributed by atoms with Crippen molar-refractivity contribution in [2.24, 2.45) is 0 Å². The Hall–Kier alpha value is -2.73. The van der Waals surface area contributed by atoms with Gasteiger partial charge in [-0.15, -0.1) is 37.2 Å². The van der Waals surface area contributed by atoms with Gasteiger partial charge < -0.3 is 9.64 Å². The molecule has 7 nitrogen and oxygen atoms in total. The number of anilines is 1. The first-order chi connectivity index (χ1) is 17.1. The number of hydrogen-bond acceptors (Lipinski definition) is 6. The minimum absolute atomic E-state index is 0. The molecule has 1 aliphatic heterocycles. The van der Waals surface area contributed by atoms with Crippen LogP contribution < -0.4 is 9.64 Å². The summed E-state index contributed by atoms with van der Waals surface area (Å²) in [6, 6.07) is 13.5. The lowest BCUT2D eigenvalue weighted by molar-refractivity contribution is -0.140. The van der Waals surface area contributed by atoms with Crippen molar-refractivity contribution >= 4 is 63.6 Å². The molecule has 4 aromatic rings. The highest BCUT2D eigenvalue weighted by Gasteiger charge is 2.36. The van der Waals surface area contributed by atoms with Crippen molar-refractivity contribution < 1.29 is 26.3 Å². The van der Waals surface area contributed by atoms with E-state index in [2.05, 4.69) is 20.1 Å². The molecule has 0 unspecified atom stereocenters. The van der Waals surface area contributed by atoms with Crippen LogP contribution >= 0.6 is 37.2 Å². The molecule has 5 rings (SSSR count). The van der Waals surface area contributed by atoms with Gasteiger partial charge in [-0.3, -0.25) is 10.1 Å². The summed E-state index contributed by atoms with van der Waals surface area (Å²) in [5.74, 6) is 0.345. The van der Waals surface area contributed by atoms with Crippen molar-refractivity contribution in [3.05, 3.63) is 66.6 Å². The smallest absolute Gasteiger partial charge is 0.433 e. The van der Waals surface area contributed by atoms with E-state index in [4.69, 9.17) is 4.74 Å². The molecule has 14 heteroatoms. The first-order valence-corrected chi connectivity index (χ1v) is 13.2. The molecule has 0 saturated carbocycles. The predicted molar refractivity (Wildman–Crippen MR) is 151 cm³/mol. The number of aromatic nitrogens is 3. The van der Waals surface area contributed by atoms with Crippen molar-refractivity contribution in [3.63, 3.8) is 0 Å². The fourth-order valence-corrected chi connectivity index (χ4v) is 5.35. The Balaban J connectivity index is 0.00000178. The van der Waals surface area contributed by atoms with Crippen molar-refractivity contribution in [2.45, 2.75) is 30.0 Å². The largest absolute Gasteiger partial charge is 0.489 e. The summed E-state index contributed by atoms with van der Waals surface area (Å²) in [5, 5.41) is 6.40. The van der Waals surface area contributed by atoms with Crippen molar-refractivity contribution in [1.29, 1.82) is 0 Å². The third-order valence-electron chi connectivity index (χ3n) is 6.28. The van der Waals surface area contributed by atoms with Crippen LogP contribution in [0.2, 0.25) is 0 Å². The average molecular weight is 626 g/mol. The maximum absolute atomic E-state index is 13.4. The molecule has 212 valence electrons. The third-order valence-corrected chi connectivity index (χ3v) is 7.41. The van der Waals surface area contributed by atoms with E-state index >= 15 is 0 Å². The fourth-order valence-electron chi connectivity index (χ4n) is 4.54. The highest BCUT2D eigenvalue weighted by Crippen LogP contribution is 2.38. The van der Waals surface area contributed by atoms with E-state index in [1.54, 1.807) is 42.6 Å². The number of alkyl halides is 3. The second-order valence-corrected chi connectivity index (χ2v) is 10.7. The van der Waals surface area contributed by atoms with Gasteiger partial charge in [0, 0.05) is 55.0 Å². The van der Waals surface area contributed by atoms with Crippen LogP contribution in [0.3, 0.4) is 0 Å². The van der Waals surface area contributed by atoms with E-state index < -0.39 is 21.7 Å². The summed E-state index contributed by atoms with van der Waals surface area (Å²) in [7, 11) is -3.42. The van der Waals surface area contributed by atoms with Crippen LogP contribution in [-0.2, 0) is 16.0 Å². The zero-order valence-electron chi connectivity index (χ0n) is 20.5. The Bertz CT molecular complexity index is 1530. The number of nitrogens with zero attached hydrogens (tertiary/aromatic N) is 3. The van der Waals surface area contributed by atoms with Gasteiger partial charge in [-0.2, -0.15) is 18.3 Å². The van der Waals surface area contributed by atoms with Crippen molar-refractivity contribution in [1.82, 2.24) is 15.2 Å². The molecule has 0 bridgehead atoms. The molecule has 0 spiro atoms. The summed E-state index contributed by atoms with van der Waals surface area (Å²) < 4.78 is 70.4. The van der Waals surface area contributed by atoms with Gasteiger partial charge in [0.2, 0.25) is 0 Å². The maximum Gasteiger partial charge on any atom is 0.433 e. The maximum atomic E-state index is 13.4. The zero-order valence-corrected chi connectivity index (χ0v) is 23.8. The molecule has 0 aliphatic carbocycles. The van der Waals surface area contributed by atoms with Crippen molar-refractivity contribution in [3.8, 4) is 16.9 Å². The van der Waals surface area contributed by atoms with Crippen LogP contribution in [0.5, 0.6) is 5.75 Å². The van der Waals surface area contributed by atoms with Crippen LogP contribution in [-0.4, -0.2) is 49.0 Å². The number of para-hydroxylation sites is 1. The number of piperidine rings is 1. The summed E-state index contributed by atoms with van der Waals surface area (Å²) in [6.45, 7) is 1.27. The number of benzene rings is 2. The van der Waals surface area contributed by atoms with Gasteiger partial charge in [0.25, 0.3) is 0 Å². The number of pyridine rings is 1. The monoisotopic (exact) mass is 624 g/mol. The van der Waals surface area contributed by atoms with Gasteiger partial charge in [0.15, 0.2) is 9.84 Å². The number of hydrogen-bond donors (Lipinski definition) is 1. The third kappa shape index (κ3) is 6.89. The summed E-state index contributed by atoms with van der Waals surface area (Å²) >= 11 is 0. The number of nitrogens with one attached hydrogen (secondary N) is 1. The van der Waals surface area contributed by atoms with E-state index in [-0.39, 0.29) is 53.8 Å². The van der Waals surface area contributed by atoms with E-state index in [0.717, 1.165) is 17.3 Å². The Morgan fingerprint density at radius 3 is 2.38 bits per heavy atom. The molecular formula is C25H26Cl3F3N4O3S.